The Balaban J connectivity index is 1.71. The molecule has 0 radical (unpaired) electrons. The fourth-order valence-electron chi connectivity index (χ4n) is 2.69. The highest BCUT2D eigenvalue weighted by Gasteiger charge is 2.09. The Morgan fingerprint density at radius 3 is 2.77 bits per heavy atom. The Labute approximate surface area is 150 Å². The van der Waals surface area contributed by atoms with E-state index in [-0.39, 0.29) is 0 Å². The second-order valence-electron chi connectivity index (χ2n) is 5.71. The van der Waals surface area contributed by atoms with Gasteiger partial charge in [0.25, 0.3) is 0 Å². The molecule has 0 amide bonds. The lowest BCUT2D eigenvalue weighted by Gasteiger charge is -2.11. The van der Waals surface area contributed by atoms with Crippen LogP contribution in [0.3, 0.4) is 0 Å². The topological polar surface area (TPSA) is 72.8 Å². The minimum Gasteiger partial charge on any atom is -0.481 e. The molecular weight excluding hydrogens is 326 g/mol. The second-order valence-corrected chi connectivity index (χ2v) is 5.71. The lowest BCUT2D eigenvalue weighted by Crippen LogP contribution is -2.05. The molecule has 6 nitrogen and oxygen atoms in total. The van der Waals surface area contributed by atoms with Crippen LogP contribution in [0, 0.1) is 0 Å². The molecule has 0 saturated heterocycles. The quantitative estimate of drug-likeness (QED) is 0.595. The maximum atomic E-state index is 5.18. The molecule has 0 atom stereocenters. The van der Waals surface area contributed by atoms with Crippen molar-refractivity contribution in [3.05, 3.63) is 72.7 Å². The summed E-state index contributed by atoms with van der Waals surface area (Å²) in [5, 5.41) is 4.38. The van der Waals surface area contributed by atoms with Crippen LogP contribution in [0.5, 0.6) is 5.88 Å². The molecule has 26 heavy (non-hydrogen) atoms. The molecule has 0 spiro atoms. The number of anilines is 1. The molecule has 6 heteroatoms. The normalized spacial score (nSPS) is 10.7. The van der Waals surface area contributed by atoms with E-state index >= 15 is 0 Å². The molecule has 0 aliphatic heterocycles. The first-order chi connectivity index (χ1) is 12.8. The van der Waals surface area contributed by atoms with Crippen molar-refractivity contribution < 1.29 is 4.74 Å². The SMILES string of the molecule is COc1cc(CNc2nc(-c3cccnc3)nc3ccccc23)ccn1. The molecule has 0 aliphatic carbocycles. The summed E-state index contributed by atoms with van der Waals surface area (Å²) in [7, 11) is 1.61. The van der Waals surface area contributed by atoms with Crippen molar-refractivity contribution in [1.29, 1.82) is 0 Å². The highest BCUT2D eigenvalue weighted by atomic mass is 16.5. The molecule has 1 aromatic carbocycles. The lowest BCUT2D eigenvalue weighted by atomic mass is 10.2. The van der Waals surface area contributed by atoms with Crippen LogP contribution in [-0.4, -0.2) is 27.0 Å². The van der Waals surface area contributed by atoms with Crippen molar-refractivity contribution >= 4 is 16.7 Å². The van der Waals surface area contributed by atoms with Gasteiger partial charge in [-0.3, -0.25) is 4.98 Å². The molecule has 128 valence electrons. The number of benzene rings is 1. The Hall–Kier alpha value is -3.54. The van der Waals surface area contributed by atoms with Crippen LogP contribution in [0.2, 0.25) is 0 Å². The van der Waals surface area contributed by atoms with E-state index in [1.165, 1.54) is 0 Å². The van der Waals surface area contributed by atoms with E-state index in [1.54, 1.807) is 25.7 Å². The molecule has 0 unspecified atom stereocenters. The molecule has 0 saturated carbocycles. The fourth-order valence-corrected chi connectivity index (χ4v) is 2.69. The van der Waals surface area contributed by atoms with Crippen LogP contribution in [-0.2, 0) is 6.54 Å². The summed E-state index contributed by atoms with van der Waals surface area (Å²) in [6, 6.07) is 15.6. The summed E-state index contributed by atoms with van der Waals surface area (Å²) >= 11 is 0. The number of hydrogen-bond donors (Lipinski definition) is 1. The van der Waals surface area contributed by atoms with E-state index in [0.29, 0.717) is 18.2 Å². The molecular formula is C20H17N5O. The Bertz CT molecular complexity index is 1040. The van der Waals surface area contributed by atoms with E-state index in [1.807, 2.05) is 48.5 Å². The predicted molar refractivity (Wildman–Crippen MR) is 101 cm³/mol. The van der Waals surface area contributed by atoms with Gasteiger partial charge in [0.2, 0.25) is 5.88 Å². The summed E-state index contributed by atoms with van der Waals surface area (Å²) in [5.41, 5.74) is 2.82. The smallest absolute Gasteiger partial charge is 0.213 e. The maximum Gasteiger partial charge on any atom is 0.213 e. The third-order valence-electron chi connectivity index (χ3n) is 3.99. The average molecular weight is 343 g/mol. The minimum atomic E-state index is 0.591. The zero-order valence-electron chi connectivity index (χ0n) is 14.3. The van der Waals surface area contributed by atoms with Crippen LogP contribution in [0.1, 0.15) is 5.56 Å². The van der Waals surface area contributed by atoms with Crippen LogP contribution in [0.25, 0.3) is 22.3 Å². The molecule has 0 bridgehead atoms. The van der Waals surface area contributed by atoms with Gasteiger partial charge < -0.3 is 10.1 Å². The van der Waals surface area contributed by atoms with Crippen LogP contribution in [0.15, 0.2) is 67.1 Å². The number of para-hydroxylation sites is 1. The third-order valence-corrected chi connectivity index (χ3v) is 3.99. The van der Waals surface area contributed by atoms with E-state index in [2.05, 4.69) is 20.3 Å². The van der Waals surface area contributed by atoms with E-state index in [4.69, 9.17) is 9.72 Å². The minimum absolute atomic E-state index is 0.591. The van der Waals surface area contributed by atoms with Crippen molar-refractivity contribution in [2.45, 2.75) is 6.54 Å². The second kappa shape index (κ2) is 7.14. The number of ether oxygens (including phenoxy) is 1. The fraction of sp³-hybridized carbons (Fsp3) is 0.100. The van der Waals surface area contributed by atoms with Crippen molar-refractivity contribution in [2.75, 3.05) is 12.4 Å². The van der Waals surface area contributed by atoms with Crippen molar-refractivity contribution in [3.8, 4) is 17.3 Å². The van der Waals surface area contributed by atoms with Gasteiger partial charge in [-0.05, 0) is 35.9 Å². The summed E-state index contributed by atoms with van der Waals surface area (Å²) in [6.07, 6.45) is 5.23. The molecule has 3 heterocycles. The van der Waals surface area contributed by atoms with Gasteiger partial charge in [-0.15, -0.1) is 0 Å². The summed E-state index contributed by atoms with van der Waals surface area (Å²) in [4.78, 5) is 17.7. The number of nitrogens with zero attached hydrogens (tertiary/aromatic N) is 4. The Kier molecular flexibility index (Phi) is 4.38. The van der Waals surface area contributed by atoms with Gasteiger partial charge in [-0.25, -0.2) is 15.0 Å². The molecule has 0 aliphatic rings. The average Bonchev–Trinajstić information content (AvgIpc) is 2.72. The molecule has 4 rings (SSSR count). The van der Waals surface area contributed by atoms with Gasteiger partial charge >= 0.3 is 0 Å². The molecule has 0 fully saturated rings. The van der Waals surface area contributed by atoms with E-state index < -0.39 is 0 Å². The van der Waals surface area contributed by atoms with Crippen LogP contribution in [0.4, 0.5) is 5.82 Å². The molecule has 1 N–H and O–H groups in total. The lowest BCUT2D eigenvalue weighted by molar-refractivity contribution is 0.397. The van der Waals surface area contributed by atoms with Gasteiger partial charge in [-0.1, -0.05) is 12.1 Å². The maximum absolute atomic E-state index is 5.18. The zero-order chi connectivity index (χ0) is 17.8. The van der Waals surface area contributed by atoms with Crippen LogP contribution >= 0.6 is 0 Å². The van der Waals surface area contributed by atoms with E-state index in [0.717, 1.165) is 27.8 Å². The zero-order valence-corrected chi connectivity index (χ0v) is 14.3. The van der Waals surface area contributed by atoms with Crippen molar-refractivity contribution in [3.63, 3.8) is 0 Å². The van der Waals surface area contributed by atoms with Gasteiger partial charge in [0.1, 0.15) is 5.82 Å². The third kappa shape index (κ3) is 3.30. The number of hydrogen-bond acceptors (Lipinski definition) is 6. The summed E-state index contributed by atoms with van der Waals surface area (Å²) in [5.74, 6) is 2.02. The first kappa shape index (κ1) is 16.0. The number of nitrogens with one attached hydrogen (secondary N) is 1. The first-order valence-electron chi connectivity index (χ1n) is 8.23. The standard InChI is InChI=1S/C20H17N5O/c1-26-18-11-14(8-10-22-18)12-23-20-16-6-2-3-7-17(16)24-19(25-20)15-5-4-9-21-13-15/h2-11,13H,12H2,1H3,(H,23,24,25). The van der Waals surface area contributed by atoms with Gasteiger partial charge in [0.15, 0.2) is 5.82 Å². The highest BCUT2D eigenvalue weighted by Crippen LogP contribution is 2.25. The van der Waals surface area contributed by atoms with E-state index in [9.17, 15) is 0 Å². The molecule has 3 aromatic heterocycles. The summed E-state index contributed by atoms with van der Waals surface area (Å²) < 4.78 is 5.18. The predicted octanol–water partition coefficient (Wildman–Crippen LogP) is 3.71. The van der Waals surface area contributed by atoms with Crippen LogP contribution < -0.4 is 10.1 Å². The number of fused-ring (bicyclic) bond motifs is 1. The monoisotopic (exact) mass is 343 g/mol. The number of rotatable bonds is 5. The Morgan fingerprint density at radius 2 is 1.92 bits per heavy atom. The van der Waals surface area contributed by atoms with Gasteiger partial charge in [-0.2, -0.15) is 0 Å². The summed E-state index contributed by atoms with van der Waals surface area (Å²) in [6.45, 7) is 0.604. The van der Waals surface area contributed by atoms with Crippen molar-refractivity contribution in [1.82, 2.24) is 19.9 Å². The number of aromatic nitrogens is 4. The highest BCUT2D eigenvalue weighted by molar-refractivity contribution is 5.90. The number of pyridine rings is 2. The van der Waals surface area contributed by atoms with Crippen molar-refractivity contribution in [2.24, 2.45) is 0 Å². The first-order valence-corrected chi connectivity index (χ1v) is 8.23. The largest absolute Gasteiger partial charge is 0.481 e. The van der Waals surface area contributed by atoms with Gasteiger partial charge in [0.05, 0.1) is 12.6 Å². The Morgan fingerprint density at radius 1 is 1.00 bits per heavy atom. The molecule has 4 aromatic rings. The number of methoxy groups -OCH3 is 1. The van der Waals surface area contributed by atoms with Gasteiger partial charge in [0, 0.05) is 42.2 Å².